The molecule has 80 valence electrons. The first kappa shape index (κ1) is 9.77. The number of aliphatic hydroxyl groups excluding tert-OH is 1. The quantitative estimate of drug-likeness (QED) is 0.697. The number of hydrogen-bond donors (Lipinski definition) is 2. The van der Waals surface area contributed by atoms with Crippen LogP contribution in [0.2, 0.25) is 0 Å². The Kier molecular flexibility index (Phi) is 2.63. The molecule has 0 aromatic heterocycles. The van der Waals surface area contributed by atoms with Crippen LogP contribution in [0.1, 0.15) is 19.3 Å². The average Bonchev–Trinajstić information content (AvgIpc) is 2.61. The summed E-state index contributed by atoms with van der Waals surface area (Å²) in [4.78, 5) is 12.3. The van der Waals surface area contributed by atoms with Gasteiger partial charge in [-0.05, 0) is 37.0 Å². The van der Waals surface area contributed by atoms with Crippen molar-refractivity contribution >= 4 is 6.09 Å². The number of carbonyl (C=O) groups is 1. The van der Waals surface area contributed by atoms with E-state index in [2.05, 4.69) is 0 Å². The second-order valence-electron chi connectivity index (χ2n) is 4.56. The zero-order valence-electron chi connectivity index (χ0n) is 8.22. The highest BCUT2D eigenvalue weighted by Gasteiger charge is 2.41. The Morgan fingerprint density at radius 3 is 2.29 bits per heavy atom. The van der Waals surface area contributed by atoms with Crippen LogP contribution in [0.25, 0.3) is 0 Å². The molecule has 4 nitrogen and oxygen atoms in total. The predicted molar refractivity (Wildman–Crippen MR) is 51.0 cm³/mol. The van der Waals surface area contributed by atoms with Crippen molar-refractivity contribution in [2.24, 2.45) is 17.8 Å². The van der Waals surface area contributed by atoms with Gasteiger partial charge in [-0.25, -0.2) is 4.79 Å². The van der Waals surface area contributed by atoms with Gasteiger partial charge in [-0.15, -0.1) is 0 Å². The third kappa shape index (κ3) is 1.71. The van der Waals surface area contributed by atoms with E-state index in [-0.39, 0.29) is 6.61 Å². The summed E-state index contributed by atoms with van der Waals surface area (Å²) in [7, 11) is 0. The average molecular weight is 199 g/mol. The molecule has 0 spiro atoms. The van der Waals surface area contributed by atoms with Crippen LogP contribution in [0.15, 0.2) is 0 Å². The first-order valence-electron chi connectivity index (χ1n) is 5.29. The lowest BCUT2D eigenvalue weighted by atomic mass is 10.0. The fraction of sp³-hybridized carbons (Fsp3) is 0.900. The highest BCUT2D eigenvalue weighted by Crippen LogP contribution is 2.42. The van der Waals surface area contributed by atoms with E-state index in [1.54, 1.807) is 0 Å². The minimum atomic E-state index is -0.780. The monoisotopic (exact) mass is 199 g/mol. The molecule has 1 unspecified atom stereocenters. The number of nitrogens with zero attached hydrogens (tertiary/aromatic N) is 1. The van der Waals surface area contributed by atoms with Crippen molar-refractivity contribution in [1.29, 1.82) is 0 Å². The summed E-state index contributed by atoms with van der Waals surface area (Å²) < 4.78 is 0. The summed E-state index contributed by atoms with van der Waals surface area (Å²) in [5.74, 6) is 1.75. The van der Waals surface area contributed by atoms with E-state index < -0.39 is 6.09 Å². The molecule has 1 aliphatic carbocycles. The highest BCUT2D eigenvalue weighted by molar-refractivity contribution is 5.65. The van der Waals surface area contributed by atoms with Crippen molar-refractivity contribution in [1.82, 2.24) is 4.90 Å². The zero-order chi connectivity index (χ0) is 10.1. The number of rotatable bonds is 2. The van der Waals surface area contributed by atoms with Crippen LogP contribution in [-0.4, -0.2) is 40.9 Å². The number of likely N-dealkylation sites (tertiary alicyclic amines) is 1. The number of fused-ring (bicyclic) bond motifs is 1. The van der Waals surface area contributed by atoms with Gasteiger partial charge in [0.05, 0.1) is 0 Å². The van der Waals surface area contributed by atoms with Crippen LogP contribution in [0.5, 0.6) is 0 Å². The minimum Gasteiger partial charge on any atom is -0.465 e. The lowest BCUT2D eigenvalue weighted by Crippen LogP contribution is -2.28. The molecule has 2 aliphatic rings. The van der Waals surface area contributed by atoms with Gasteiger partial charge in [0.2, 0.25) is 0 Å². The van der Waals surface area contributed by atoms with Gasteiger partial charge in [-0.1, -0.05) is 0 Å². The first-order chi connectivity index (χ1) is 6.70. The molecular weight excluding hydrogens is 182 g/mol. The Bertz CT molecular complexity index is 217. The number of amides is 1. The zero-order valence-corrected chi connectivity index (χ0v) is 8.22. The molecule has 4 heteroatoms. The molecule has 2 fully saturated rings. The number of hydrogen-bond acceptors (Lipinski definition) is 2. The molecule has 0 aromatic carbocycles. The van der Waals surface area contributed by atoms with Gasteiger partial charge in [0.25, 0.3) is 0 Å². The molecule has 0 aromatic rings. The van der Waals surface area contributed by atoms with Crippen LogP contribution in [-0.2, 0) is 0 Å². The molecule has 14 heavy (non-hydrogen) atoms. The van der Waals surface area contributed by atoms with Gasteiger partial charge in [-0.2, -0.15) is 0 Å². The minimum absolute atomic E-state index is 0.271. The summed E-state index contributed by atoms with van der Waals surface area (Å²) in [6.07, 6.45) is 2.32. The molecule has 1 amide bonds. The Labute approximate surface area is 83.5 Å². The standard InChI is InChI=1S/C10H17NO3/c12-2-1-7-3-8-5-11(10(13)14)6-9(8)4-7/h7-9,12H,1-6H2,(H,13,14)/t7?,8-,9+. The van der Waals surface area contributed by atoms with E-state index in [9.17, 15) is 4.79 Å². The van der Waals surface area contributed by atoms with E-state index in [0.29, 0.717) is 30.8 Å². The lowest BCUT2D eigenvalue weighted by molar-refractivity contribution is 0.150. The first-order valence-corrected chi connectivity index (χ1v) is 5.29. The van der Waals surface area contributed by atoms with Gasteiger partial charge < -0.3 is 15.1 Å². The maximum atomic E-state index is 10.7. The molecule has 1 saturated heterocycles. The number of aliphatic hydroxyl groups is 1. The normalized spacial score (nSPS) is 36.1. The van der Waals surface area contributed by atoms with Gasteiger partial charge in [0.15, 0.2) is 0 Å². The van der Waals surface area contributed by atoms with Crippen LogP contribution in [0.4, 0.5) is 4.79 Å². The second-order valence-corrected chi connectivity index (χ2v) is 4.56. The molecule has 3 atom stereocenters. The summed E-state index contributed by atoms with van der Waals surface area (Å²) in [6.45, 7) is 1.69. The number of carboxylic acid groups (broad SMARTS) is 1. The Balaban J connectivity index is 1.87. The topological polar surface area (TPSA) is 60.8 Å². The van der Waals surface area contributed by atoms with Crippen molar-refractivity contribution in [3.8, 4) is 0 Å². The summed E-state index contributed by atoms with van der Waals surface area (Å²) >= 11 is 0. The van der Waals surface area contributed by atoms with Crippen molar-refractivity contribution in [2.45, 2.75) is 19.3 Å². The fourth-order valence-electron chi connectivity index (χ4n) is 3.00. The van der Waals surface area contributed by atoms with Gasteiger partial charge >= 0.3 is 6.09 Å². The van der Waals surface area contributed by atoms with Gasteiger partial charge in [0.1, 0.15) is 0 Å². The van der Waals surface area contributed by atoms with Crippen LogP contribution in [0, 0.1) is 17.8 Å². The molecule has 2 N–H and O–H groups in total. The summed E-state index contributed by atoms with van der Waals surface area (Å²) in [6, 6.07) is 0. The second kappa shape index (κ2) is 3.77. The Hall–Kier alpha value is -0.770. The Morgan fingerprint density at radius 1 is 1.29 bits per heavy atom. The fourth-order valence-corrected chi connectivity index (χ4v) is 3.00. The van der Waals surface area contributed by atoms with Crippen molar-refractivity contribution < 1.29 is 15.0 Å². The van der Waals surface area contributed by atoms with Crippen molar-refractivity contribution in [3.05, 3.63) is 0 Å². The summed E-state index contributed by atoms with van der Waals surface area (Å²) in [5.41, 5.74) is 0. The summed E-state index contributed by atoms with van der Waals surface area (Å²) in [5, 5.41) is 17.6. The van der Waals surface area contributed by atoms with Crippen LogP contribution in [0.3, 0.4) is 0 Å². The van der Waals surface area contributed by atoms with Crippen molar-refractivity contribution in [3.63, 3.8) is 0 Å². The van der Waals surface area contributed by atoms with E-state index >= 15 is 0 Å². The molecule has 1 aliphatic heterocycles. The Morgan fingerprint density at radius 2 is 1.86 bits per heavy atom. The van der Waals surface area contributed by atoms with Crippen LogP contribution < -0.4 is 0 Å². The van der Waals surface area contributed by atoms with Gasteiger partial charge in [0, 0.05) is 19.7 Å². The molecule has 1 heterocycles. The molecule has 0 bridgehead atoms. The maximum absolute atomic E-state index is 10.7. The largest absolute Gasteiger partial charge is 0.465 e. The van der Waals surface area contributed by atoms with E-state index in [1.807, 2.05) is 0 Å². The molecular formula is C10H17NO3. The van der Waals surface area contributed by atoms with E-state index in [0.717, 1.165) is 19.3 Å². The van der Waals surface area contributed by atoms with Crippen LogP contribution >= 0.6 is 0 Å². The van der Waals surface area contributed by atoms with E-state index in [1.165, 1.54) is 4.90 Å². The molecule has 0 radical (unpaired) electrons. The maximum Gasteiger partial charge on any atom is 0.407 e. The van der Waals surface area contributed by atoms with E-state index in [4.69, 9.17) is 10.2 Å². The SMILES string of the molecule is O=C(O)N1C[C@H]2CC(CCO)C[C@H]2C1. The predicted octanol–water partition coefficient (Wildman–Crippen LogP) is 1.00. The van der Waals surface area contributed by atoms with Crippen molar-refractivity contribution in [2.75, 3.05) is 19.7 Å². The smallest absolute Gasteiger partial charge is 0.407 e. The lowest BCUT2D eigenvalue weighted by Gasteiger charge is -2.15. The third-order valence-electron chi connectivity index (χ3n) is 3.66. The molecule has 2 rings (SSSR count). The highest BCUT2D eigenvalue weighted by atomic mass is 16.4. The third-order valence-corrected chi connectivity index (χ3v) is 3.66. The van der Waals surface area contributed by atoms with Gasteiger partial charge in [-0.3, -0.25) is 0 Å². The molecule has 1 saturated carbocycles.